The van der Waals surface area contributed by atoms with Gasteiger partial charge in [-0.05, 0) is 38.7 Å². The summed E-state index contributed by atoms with van der Waals surface area (Å²) in [7, 11) is 0. The van der Waals surface area contributed by atoms with Crippen molar-refractivity contribution in [1.29, 1.82) is 0 Å². The lowest BCUT2D eigenvalue weighted by atomic mass is 9.81. The Morgan fingerprint density at radius 1 is 1.57 bits per heavy atom. The standard InChI is InChI=1S/C16H22N4O/c1-3-20-10-13(9-18-20)11(2)19-16(21)14-7-8-17-15(14)12-5-4-6-12/h7-12,17H,3-6H2,1-2H3,(H,19,21). The van der Waals surface area contributed by atoms with Crippen molar-refractivity contribution < 1.29 is 4.79 Å². The van der Waals surface area contributed by atoms with Crippen LogP contribution in [0.5, 0.6) is 0 Å². The van der Waals surface area contributed by atoms with Gasteiger partial charge in [0.15, 0.2) is 0 Å². The fourth-order valence-corrected chi connectivity index (χ4v) is 2.75. The minimum Gasteiger partial charge on any atom is -0.364 e. The zero-order valence-corrected chi connectivity index (χ0v) is 12.6. The molecule has 5 nitrogen and oxygen atoms in total. The van der Waals surface area contributed by atoms with E-state index in [-0.39, 0.29) is 11.9 Å². The van der Waals surface area contributed by atoms with E-state index in [0.29, 0.717) is 5.92 Å². The topological polar surface area (TPSA) is 62.7 Å². The summed E-state index contributed by atoms with van der Waals surface area (Å²) in [6, 6.07) is 1.84. The molecule has 112 valence electrons. The maximum Gasteiger partial charge on any atom is 0.253 e. The molecule has 2 aromatic heterocycles. The van der Waals surface area contributed by atoms with E-state index in [0.717, 1.165) is 23.4 Å². The van der Waals surface area contributed by atoms with Gasteiger partial charge in [0.1, 0.15) is 0 Å². The second-order valence-corrected chi connectivity index (χ2v) is 5.76. The van der Waals surface area contributed by atoms with Crippen LogP contribution in [-0.2, 0) is 6.54 Å². The van der Waals surface area contributed by atoms with Crippen LogP contribution >= 0.6 is 0 Å². The first-order valence-electron chi connectivity index (χ1n) is 7.69. The Kier molecular flexibility index (Phi) is 3.82. The first kappa shape index (κ1) is 13.9. The molecular formula is C16H22N4O. The Balaban J connectivity index is 1.69. The number of nitrogens with one attached hydrogen (secondary N) is 2. The Hall–Kier alpha value is -2.04. The molecule has 5 heteroatoms. The molecule has 0 saturated heterocycles. The quantitative estimate of drug-likeness (QED) is 0.887. The van der Waals surface area contributed by atoms with Crippen LogP contribution in [0.2, 0.25) is 0 Å². The van der Waals surface area contributed by atoms with Crippen LogP contribution in [0, 0.1) is 0 Å². The van der Waals surface area contributed by atoms with Crippen LogP contribution in [0.1, 0.15) is 66.7 Å². The Labute approximate surface area is 124 Å². The molecule has 1 saturated carbocycles. The molecule has 2 N–H and O–H groups in total. The van der Waals surface area contributed by atoms with Crippen LogP contribution in [-0.4, -0.2) is 20.7 Å². The van der Waals surface area contributed by atoms with Crippen molar-refractivity contribution in [1.82, 2.24) is 20.1 Å². The Morgan fingerprint density at radius 3 is 3.00 bits per heavy atom. The molecule has 0 aliphatic heterocycles. The smallest absolute Gasteiger partial charge is 0.253 e. The third-order valence-electron chi connectivity index (χ3n) is 4.36. The molecule has 2 aromatic rings. The van der Waals surface area contributed by atoms with E-state index >= 15 is 0 Å². The van der Waals surface area contributed by atoms with Gasteiger partial charge in [0.2, 0.25) is 0 Å². The highest BCUT2D eigenvalue weighted by molar-refractivity contribution is 5.95. The molecule has 1 fully saturated rings. The summed E-state index contributed by atoms with van der Waals surface area (Å²) in [5.74, 6) is 0.522. The second kappa shape index (κ2) is 5.76. The number of amides is 1. The monoisotopic (exact) mass is 286 g/mol. The van der Waals surface area contributed by atoms with Gasteiger partial charge in [-0.3, -0.25) is 9.48 Å². The van der Waals surface area contributed by atoms with Gasteiger partial charge in [0, 0.05) is 30.2 Å². The second-order valence-electron chi connectivity index (χ2n) is 5.76. The lowest BCUT2D eigenvalue weighted by Gasteiger charge is -2.25. The average molecular weight is 286 g/mol. The van der Waals surface area contributed by atoms with Crippen LogP contribution in [0.3, 0.4) is 0 Å². The summed E-state index contributed by atoms with van der Waals surface area (Å²) in [6.45, 7) is 4.87. The van der Waals surface area contributed by atoms with Gasteiger partial charge in [-0.15, -0.1) is 0 Å². The highest BCUT2D eigenvalue weighted by Crippen LogP contribution is 2.37. The first-order chi connectivity index (χ1) is 10.2. The number of aromatic nitrogens is 3. The largest absolute Gasteiger partial charge is 0.364 e. The van der Waals surface area contributed by atoms with Crippen LogP contribution in [0.4, 0.5) is 0 Å². The Morgan fingerprint density at radius 2 is 2.38 bits per heavy atom. The number of aryl methyl sites for hydroxylation is 1. The van der Waals surface area contributed by atoms with E-state index in [1.165, 1.54) is 19.3 Å². The van der Waals surface area contributed by atoms with Crippen molar-refractivity contribution >= 4 is 5.91 Å². The molecule has 2 heterocycles. The van der Waals surface area contributed by atoms with Gasteiger partial charge in [-0.2, -0.15) is 5.10 Å². The van der Waals surface area contributed by atoms with Crippen LogP contribution in [0.25, 0.3) is 0 Å². The van der Waals surface area contributed by atoms with Gasteiger partial charge in [0.25, 0.3) is 5.91 Å². The third kappa shape index (κ3) is 2.73. The van der Waals surface area contributed by atoms with Crippen molar-refractivity contribution in [3.63, 3.8) is 0 Å². The van der Waals surface area contributed by atoms with E-state index < -0.39 is 0 Å². The first-order valence-corrected chi connectivity index (χ1v) is 7.69. The summed E-state index contributed by atoms with van der Waals surface area (Å²) < 4.78 is 1.87. The van der Waals surface area contributed by atoms with E-state index in [9.17, 15) is 4.79 Å². The van der Waals surface area contributed by atoms with Crippen LogP contribution in [0.15, 0.2) is 24.7 Å². The molecule has 3 rings (SSSR count). The molecule has 21 heavy (non-hydrogen) atoms. The minimum absolute atomic E-state index is 0.00472. The van der Waals surface area contributed by atoms with Gasteiger partial charge in [-0.1, -0.05) is 6.42 Å². The van der Waals surface area contributed by atoms with Crippen molar-refractivity contribution in [3.05, 3.63) is 41.5 Å². The molecule has 0 radical (unpaired) electrons. The van der Waals surface area contributed by atoms with Crippen molar-refractivity contribution in [2.45, 2.75) is 51.6 Å². The SMILES string of the molecule is CCn1cc(C(C)NC(=O)c2cc[nH]c2C2CCC2)cn1. The van der Waals surface area contributed by atoms with Gasteiger partial charge >= 0.3 is 0 Å². The molecule has 1 amide bonds. The molecular weight excluding hydrogens is 264 g/mol. The van der Waals surface area contributed by atoms with Crippen LogP contribution < -0.4 is 5.32 Å². The normalized spacial score (nSPS) is 16.5. The van der Waals surface area contributed by atoms with E-state index in [4.69, 9.17) is 0 Å². The molecule has 0 spiro atoms. The maximum atomic E-state index is 12.5. The minimum atomic E-state index is -0.0399. The fraction of sp³-hybridized carbons (Fsp3) is 0.500. The Bertz CT molecular complexity index is 624. The zero-order valence-electron chi connectivity index (χ0n) is 12.6. The number of H-pyrrole nitrogens is 1. The molecule has 1 unspecified atom stereocenters. The molecule has 0 aromatic carbocycles. The van der Waals surface area contributed by atoms with Gasteiger partial charge < -0.3 is 10.3 Å². The zero-order chi connectivity index (χ0) is 14.8. The molecule has 0 bridgehead atoms. The number of carbonyl (C=O) groups is 1. The number of hydrogen-bond acceptors (Lipinski definition) is 2. The predicted molar refractivity (Wildman–Crippen MR) is 81.2 cm³/mol. The number of carbonyl (C=O) groups excluding carboxylic acids is 1. The fourth-order valence-electron chi connectivity index (χ4n) is 2.75. The highest BCUT2D eigenvalue weighted by atomic mass is 16.1. The summed E-state index contributed by atoms with van der Waals surface area (Å²) >= 11 is 0. The summed E-state index contributed by atoms with van der Waals surface area (Å²) in [5, 5.41) is 7.32. The average Bonchev–Trinajstić information content (AvgIpc) is 3.05. The van der Waals surface area contributed by atoms with E-state index in [1.54, 1.807) is 0 Å². The maximum absolute atomic E-state index is 12.5. The number of rotatable bonds is 5. The lowest BCUT2D eigenvalue weighted by molar-refractivity contribution is 0.0938. The van der Waals surface area contributed by atoms with E-state index in [2.05, 4.69) is 15.4 Å². The highest BCUT2D eigenvalue weighted by Gasteiger charge is 2.26. The summed E-state index contributed by atoms with van der Waals surface area (Å²) in [6.07, 6.45) is 9.28. The van der Waals surface area contributed by atoms with Gasteiger partial charge in [-0.25, -0.2) is 0 Å². The third-order valence-corrected chi connectivity index (χ3v) is 4.36. The number of aromatic amines is 1. The summed E-state index contributed by atoms with van der Waals surface area (Å²) in [4.78, 5) is 15.7. The predicted octanol–water partition coefficient (Wildman–Crippen LogP) is 2.99. The van der Waals surface area contributed by atoms with E-state index in [1.807, 2.05) is 43.2 Å². The lowest BCUT2D eigenvalue weighted by Crippen LogP contribution is -2.28. The van der Waals surface area contributed by atoms with Gasteiger partial charge in [0.05, 0.1) is 17.8 Å². The number of nitrogens with zero attached hydrogens (tertiary/aromatic N) is 2. The van der Waals surface area contributed by atoms with Crippen molar-refractivity contribution in [2.24, 2.45) is 0 Å². The van der Waals surface area contributed by atoms with Crippen molar-refractivity contribution in [3.8, 4) is 0 Å². The van der Waals surface area contributed by atoms with Crippen molar-refractivity contribution in [2.75, 3.05) is 0 Å². The molecule has 1 aliphatic rings. The summed E-state index contributed by atoms with van der Waals surface area (Å²) in [5.41, 5.74) is 2.91. The molecule has 1 atom stereocenters. The molecule has 1 aliphatic carbocycles. The number of hydrogen-bond donors (Lipinski definition) is 2.